The van der Waals surface area contributed by atoms with Crippen molar-refractivity contribution in [2.45, 2.75) is 38.0 Å². The predicted molar refractivity (Wildman–Crippen MR) is 121 cm³/mol. The number of fused-ring (bicyclic) bond motifs is 1. The van der Waals surface area contributed by atoms with E-state index in [9.17, 15) is 19.5 Å². The lowest BCUT2D eigenvalue weighted by molar-refractivity contribution is -0.153. The van der Waals surface area contributed by atoms with Gasteiger partial charge in [-0.1, -0.05) is 48.5 Å². The van der Waals surface area contributed by atoms with Gasteiger partial charge in [-0.15, -0.1) is 0 Å². The number of carbonyl (C=O) groups is 3. The van der Waals surface area contributed by atoms with Crippen LogP contribution in [0.2, 0.25) is 0 Å². The molecule has 33 heavy (non-hydrogen) atoms. The van der Waals surface area contributed by atoms with E-state index in [1.54, 1.807) is 34.1 Å². The number of carboxylic acids is 1. The Hall–Kier alpha value is -3.72. The number of aliphatic carboxylic acids is 1. The number of nitrogens with two attached hydrogens (primary N) is 1. The summed E-state index contributed by atoms with van der Waals surface area (Å²) in [5.41, 5.74) is 8.99. The molecule has 2 aromatic rings. The van der Waals surface area contributed by atoms with Crippen molar-refractivity contribution in [3.63, 3.8) is 0 Å². The molecule has 1 saturated heterocycles. The van der Waals surface area contributed by atoms with E-state index in [-0.39, 0.29) is 24.2 Å². The van der Waals surface area contributed by atoms with Gasteiger partial charge < -0.3 is 21.1 Å². The number of nitrogens with one attached hydrogen (secondary N) is 2. The van der Waals surface area contributed by atoms with Gasteiger partial charge in [-0.3, -0.25) is 24.7 Å². The molecule has 4 rings (SSSR count). The van der Waals surface area contributed by atoms with Crippen molar-refractivity contribution in [3.05, 3.63) is 70.8 Å². The Morgan fingerprint density at radius 1 is 1.06 bits per heavy atom. The van der Waals surface area contributed by atoms with Crippen molar-refractivity contribution < 1.29 is 19.5 Å². The van der Waals surface area contributed by atoms with E-state index in [0.717, 1.165) is 16.7 Å². The molecular weight excluding hydrogens is 422 g/mol. The van der Waals surface area contributed by atoms with Gasteiger partial charge in [0.05, 0.1) is 12.6 Å². The topological polar surface area (TPSA) is 140 Å². The molecule has 2 aromatic carbocycles. The monoisotopic (exact) mass is 449 g/mol. The molecule has 0 spiro atoms. The first kappa shape index (κ1) is 22.5. The second kappa shape index (κ2) is 9.41. The van der Waals surface area contributed by atoms with Gasteiger partial charge in [0.25, 0.3) is 0 Å². The normalized spacial score (nSPS) is 19.8. The van der Waals surface area contributed by atoms with Crippen LogP contribution in [0.15, 0.2) is 48.5 Å². The van der Waals surface area contributed by atoms with Crippen molar-refractivity contribution in [3.8, 4) is 0 Å². The molecular formula is C24H27N5O4. The summed E-state index contributed by atoms with van der Waals surface area (Å²) in [6.07, 6.45) is 0.999. The van der Waals surface area contributed by atoms with Gasteiger partial charge >= 0.3 is 5.97 Å². The molecule has 2 atom stereocenters. The molecule has 5 N–H and O–H groups in total. The number of rotatable bonds is 7. The maximum absolute atomic E-state index is 13.4. The third-order valence-corrected chi connectivity index (χ3v) is 6.31. The summed E-state index contributed by atoms with van der Waals surface area (Å²) >= 11 is 0. The van der Waals surface area contributed by atoms with E-state index in [1.807, 2.05) is 24.3 Å². The molecule has 2 amide bonds. The lowest BCUT2D eigenvalue weighted by Gasteiger charge is -2.44. The molecule has 0 unspecified atom stereocenters. The molecule has 2 aliphatic rings. The fourth-order valence-corrected chi connectivity index (χ4v) is 4.38. The number of nitrogens with zero attached hydrogens (tertiary/aromatic N) is 2. The van der Waals surface area contributed by atoms with Crippen LogP contribution >= 0.6 is 0 Å². The summed E-state index contributed by atoms with van der Waals surface area (Å²) in [5.74, 6) is -1.44. The van der Waals surface area contributed by atoms with Crippen LogP contribution in [-0.4, -0.2) is 63.7 Å². The first-order valence-corrected chi connectivity index (χ1v) is 10.9. The molecule has 9 nitrogen and oxygen atoms in total. The Morgan fingerprint density at radius 2 is 1.76 bits per heavy atom. The Balaban J connectivity index is 1.40. The molecule has 1 fully saturated rings. The molecule has 9 heteroatoms. The summed E-state index contributed by atoms with van der Waals surface area (Å²) in [6, 6.07) is 13.6. The highest BCUT2D eigenvalue weighted by molar-refractivity contribution is 5.95. The lowest BCUT2D eigenvalue weighted by Crippen LogP contribution is -2.63. The Morgan fingerprint density at radius 3 is 2.36 bits per heavy atom. The van der Waals surface area contributed by atoms with Crippen molar-refractivity contribution in [1.29, 1.82) is 5.41 Å². The van der Waals surface area contributed by atoms with E-state index in [4.69, 9.17) is 11.1 Å². The van der Waals surface area contributed by atoms with E-state index >= 15 is 0 Å². The minimum Gasteiger partial charge on any atom is -0.480 e. The van der Waals surface area contributed by atoms with Gasteiger partial charge in [-0.2, -0.15) is 0 Å². The van der Waals surface area contributed by atoms with Crippen LogP contribution in [0.3, 0.4) is 0 Å². The fourth-order valence-electron chi connectivity index (χ4n) is 4.38. The number of nitrogen functional groups attached to an aromatic ring is 1. The fraction of sp³-hybridized carbons (Fsp3) is 0.333. The summed E-state index contributed by atoms with van der Waals surface area (Å²) in [4.78, 5) is 40.8. The molecule has 2 heterocycles. The zero-order chi connectivity index (χ0) is 23.5. The van der Waals surface area contributed by atoms with Crippen molar-refractivity contribution in [2.75, 3.05) is 13.1 Å². The zero-order valence-corrected chi connectivity index (χ0v) is 18.2. The summed E-state index contributed by atoms with van der Waals surface area (Å²) in [7, 11) is 0. The average molecular weight is 450 g/mol. The van der Waals surface area contributed by atoms with Gasteiger partial charge in [0.15, 0.2) is 0 Å². The highest BCUT2D eigenvalue weighted by atomic mass is 16.4. The Bertz CT molecular complexity index is 1080. The second-order valence-corrected chi connectivity index (χ2v) is 8.45. The Labute approximate surface area is 191 Å². The predicted octanol–water partition coefficient (Wildman–Crippen LogP) is 0.699. The van der Waals surface area contributed by atoms with Crippen LogP contribution in [-0.2, 0) is 33.9 Å². The van der Waals surface area contributed by atoms with Crippen LogP contribution in [0.4, 0.5) is 0 Å². The molecule has 0 aromatic heterocycles. The number of carboxylic acid groups (broad SMARTS) is 1. The zero-order valence-electron chi connectivity index (χ0n) is 18.2. The highest BCUT2D eigenvalue weighted by Gasteiger charge is 2.43. The van der Waals surface area contributed by atoms with Crippen LogP contribution in [0.25, 0.3) is 0 Å². The summed E-state index contributed by atoms with van der Waals surface area (Å²) < 4.78 is 0. The van der Waals surface area contributed by atoms with Crippen LogP contribution in [0.5, 0.6) is 0 Å². The maximum atomic E-state index is 13.4. The number of benzene rings is 2. The quantitative estimate of drug-likeness (QED) is 0.362. The third-order valence-electron chi connectivity index (χ3n) is 6.31. The lowest BCUT2D eigenvalue weighted by atomic mass is 9.91. The SMILES string of the molecule is N=C(N)c1ccc(CNC(=O)[C@@H]2CCN2C(=O)[C@H]2Cc3ccccc3CN2CC(=O)O)cc1. The van der Waals surface area contributed by atoms with Gasteiger partial charge in [0, 0.05) is 25.2 Å². The summed E-state index contributed by atoms with van der Waals surface area (Å²) in [6.45, 7) is 0.937. The minimum absolute atomic E-state index is 0.0171. The largest absolute Gasteiger partial charge is 0.480 e. The standard InChI is InChI=1S/C24H27N5O4/c25-22(26)16-7-5-15(6-8-16)12-27-23(32)19-9-10-29(19)24(33)20-11-17-3-1-2-4-18(17)13-28(20)14-21(30)31/h1-8,19-20H,9-14H2,(H3,25,26)(H,27,32)(H,30,31)/t19-,20+/m0/s1. The Kier molecular flexibility index (Phi) is 6.41. The average Bonchev–Trinajstić information content (AvgIpc) is 2.76. The van der Waals surface area contributed by atoms with Crippen LogP contribution < -0.4 is 11.1 Å². The first-order chi connectivity index (χ1) is 15.8. The van der Waals surface area contributed by atoms with E-state index < -0.39 is 18.1 Å². The molecule has 0 aliphatic carbocycles. The smallest absolute Gasteiger partial charge is 0.317 e. The third kappa shape index (κ3) is 4.88. The number of amidine groups is 1. The van der Waals surface area contributed by atoms with Crippen molar-refractivity contribution >= 4 is 23.6 Å². The van der Waals surface area contributed by atoms with Gasteiger partial charge in [0.1, 0.15) is 11.9 Å². The van der Waals surface area contributed by atoms with E-state index in [1.165, 1.54) is 0 Å². The van der Waals surface area contributed by atoms with Gasteiger partial charge in [-0.05, 0) is 29.5 Å². The molecule has 0 saturated carbocycles. The van der Waals surface area contributed by atoms with Crippen LogP contribution in [0, 0.1) is 5.41 Å². The molecule has 2 aliphatic heterocycles. The molecule has 0 bridgehead atoms. The van der Waals surface area contributed by atoms with E-state index in [2.05, 4.69) is 5.32 Å². The number of hydrogen-bond donors (Lipinski definition) is 4. The van der Waals surface area contributed by atoms with Crippen molar-refractivity contribution in [2.24, 2.45) is 5.73 Å². The van der Waals surface area contributed by atoms with Crippen LogP contribution in [0.1, 0.15) is 28.7 Å². The van der Waals surface area contributed by atoms with E-state index in [0.29, 0.717) is 38.0 Å². The molecule has 172 valence electrons. The number of carbonyl (C=O) groups excluding carboxylic acids is 2. The number of likely N-dealkylation sites (tertiary alicyclic amines) is 1. The molecule has 0 radical (unpaired) electrons. The first-order valence-electron chi connectivity index (χ1n) is 10.9. The maximum Gasteiger partial charge on any atom is 0.317 e. The van der Waals surface area contributed by atoms with Crippen molar-refractivity contribution in [1.82, 2.24) is 15.1 Å². The second-order valence-electron chi connectivity index (χ2n) is 8.45. The minimum atomic E-state index is -0.985. The number of hydrogen-bond acceptors (Lipinski definition) is 5. The highest BCUT2D eigenvalue weighted by Crippen LogP contribution is 2.27. The van der Waals surface area contributed by atoms with Gasteiger partial charge in [0.2, 0.25) is 11.8 Å². The summed E-state index contributed by atoms with van der Waals surface area (Å²) in [5, 5.41) is 19.6. The van der Waals surface area contributed by atoms with Gasteiger partial charge in [-0.25, -0.2) is 0 Å². The number of amides is 2.